The second-order valence-corrected chi connectivity index (χ2v) is 3.52. The minimum absolute atomic E-state index is 0.0116. The first-order valence-corrected chi connectivity index (χ1v) is 5.01. The fourth-order valence-corrected chi connectivity index (χ4v) is 1.22. The number of benzene rings is 1. The molecule has 0 saturated heterocycles. The molecule has 4 nitrogen and oxygen atoms in total. The van der Waals surface area contributed by atoms with Crippen LogP contribution in [0.4, 0.5) is 0 Å². The molecule has 0 aliphatic rings. The normalized spacial score (nSPS) is 10.1. The number of rotatable bonds is 3. The Labute approximate surface area is 97.5 Å². The molecule has 16 heavy (non-hydrogen) atoms. The zero-order chi connectivity index (χ0) is 11.4. The first-order chi connectivity index (χ1) is 7.78. The Bertz CT molecular complexity index is 456. The van der Waals surface area contributed by atoms with E-state index in [0.29, 0.717) is 10.8 Å². The van der Waals surface area contributed by atoms with Gasteiger partial charge in [0.2, 0.25) is 0 Å². The molecule has 0 spiro atoms. The highest BCUT2D eigenvalue weighted by Crippen LogP contribution is 2.18. The van der Waals surface area contributed by atoms with Gasteiger partial charge < -0.3 is 9.84 Å². The predicted octanol–water partition coefficient (Wildman–Crippen LogP) is 2.41. The van der Waals surface area contributed by atoms with E-state index in [9.17, 15) is 0 Å². The molecule has 0 fully saturated rings. The zero-order valence-corrected chi connectivity index (χ0v) is 9.05. The fourth-order valence-electron chi connectivity index (χ4n) is 1.12. The molecule has 0 unspecified atom stereocenters. The summed E-state index contributed by atoms with van der Waals surface area (Å²) in [6.07, 6.45) is 2.93. The van der Waals surface area contributed by atoms with E-state index in [0.717, 1.165) is 5.56 Å². The van der Waals surface area contributed by atoms with E-state index >= 15 is 0 Å². The molecule has 0 saturated carbocycles. The van der Waals surface area contributed by atoms with Crippen molar-refractivity contribution in [1.29, 1.82) is 0 Å². The standard InChI is InChI=1S/C11H9ClN2O2/c12-9-5-13-11(14-6-9)16-10-3-1-8(7-15)2-4-10/h1-6,15H,7H2. The maximum Gasteiger partial charge on any atom is 0.321 e. The average Bonchev–Trinajstić information content (AvgIpc) is 2.33. The van der Waals surface area contributed by atoms with Crippen LogP contribution in [0.15, 0.2) is 36.7 Å². The Balaban J connectivity index is 2.11. The summed E-state index contributed by atoms with van der Waals surface area (Å²) in [5, 5.41) is 9.33. The maximum absolute atomic E-state index is 8.87. The monoisotopic (exact) mass is 236 g/mol. The predicted molar refractivity (Wildman–Crippen MR) is 59.5 cm³/mol. The van der Waals surface area contributed by atoms with Gasteiger partial charge in [0.1, 0.15) is 5.75 Å². The second-order valence-electron chi connectivity index (χ2n) is 3.09. The largest absolute Gasteiger partial charge is 0.424 e. The molecule has 0 aliphatic carbocycles. The van der Waals surface area contributed by atoms with Crippen LogP contribution >= 0.6 is 11.6 Å². The van der Waals surface area contributed by atoms with Gasteiger partial charge >= 0.3 is 6.01 Å². The third kappa shape index (κ3) is 2.68. The SMILES string of the molecule is OCc1ccc(Oc2ncc(Cl)cn2)cc1. The molecule has 2 rings (SSSR count). The summed E-state index contributed by atoms with van der Waals surface area (Å²) in [5.74, 6) is 0.611. The Hall–Kier alpha value is -1.65. The van der Waals surface area contributed by atoms with Crippen molar-refractivity contribution in [3.8, 4) is 11.8 Å². The van der Waals surface area contributed by atoms with Crippen LogP contribution < -0.4 is 4.74 Å². The molecule has 82 valence electrons. The van der Waals surface area contributed by atoms with Crippen molar-refractivity contribution in [2.24, 2.45) is 0 Å². The first-order valence-electron chi connectivity index (χ1n) is 4.63. The highest BCUT2D eigenvalue weighted by molar-refractivity contribution is 6.30. The number of halogens is 1. The second kappa shape index (κ2) is 4.92. The number of aliphatic hydroxyl groups is 1. The van der Waals surface area contributed by atoms with Crippen LogP contribution in [0.2, 0.25) is 5.02 Å². The van der Waals surface area contributed by atoms with E-state index in [2.05, 4.69) is 9.97 Å². The molecule has 2 aromatic rings. The molecule has 0 bridgehead atoms. The van der Waals surface area contributed by atoms with Crippen LogP contribution in [-0.4, -0.2) is 15.1 Å². The van der Waals surface area contributed by atoms with Gasteiger partial charge in [0.25, 0.3) is 0 Å². The lowest BCUT2D eigenvalue weighted by Gasteiger charge is -2.03. The molecule has 0 aliphatic heterocycles. The Kier molecular flexibility index (Phi) is 3.34. The number of aliphatic hydroxyl groups excluding tert-OH is 1. The summed E-state index contributed by atoms with van der Waals surface area (Å²) in [4.78, 5) is 7.80. The topological polar surface area (TPSA) is 55.2 Å². The zero-order valence-electron chi connectivity index (χ0n) is 8.30. The smallest absolute Gasteiger partial charge is 0.321 e. The van der Waals surface area contributed by atoms with Crippen molar-refractivity contribution in [2.75, 3.05) is 0 Å². The van der Waals surface area contributed by atoms with Gasteiger partial charge in [-0.1, -0.05) is 23.7 Å². The Morgan fingerprint density at radius 2 is 1.75 bits per heavy atom. The van der Waals surface area contributed by atoms with Crippen LogP contribution in [0, 0.1) is 0 Å². The first kappa shape index (κ1) is 10.9. The highest BCUT2D eigenvalue weighted by atomic mass is 35.5. The van der Waals surface area contributed by atoms with Crippen molar-refractivity contribution >= 4 is 11.6 Å². The molecule has 1 aromatic carbocycles. The molecule has 0 amide bonds. The highest BCUT2D eigenvalue weighted by Gasteiger charge is 2.00. The van der Waals surface area contributed by atoms with E-state index in [1.165, 1.54) is 12.4 Å². The van der Waals surface area contributed by atoms with Crippen LogP contribution in [0.3, 0.4) is 0 Å². The molecular weight excluding hydrogens is 228 g/mol. The van der Waals surface area contributed by atoms with Gasteiger partial charge in [0.05, 0.1) is 24.0 Å². The van der Waals surface area contributed by atoms with Gasteiger partial charge in [0, 0.05) is 0 Å². The summed E-state index contributed by atoms with van der Waals surface area (Å²) in [7, 11) is 0. The summed E-state index contributed by atoms with van der Waals surface area (Å²) in [5.41, 5.74) is 0.823. The lowest BCUT2D eigenvalue weighted by atomic mass is 10.2. The van der Waals surface area contributed by atoms with E-state index in [-0.39, 0.29) is 12.6 Å². The maximum atomic E-state index is 8.87. The van der Waals surface area contributed by atoms with Gasteiger partial charge in [-0.3, -0.25) is 0 Å². The summed E-state index contributed by atoms with van der Waals surface area (Å²) in [6, 6.07) is 7.25. The van der Waals surface area contributed by atoms with Gasteiger partial charge in [-0.15, -0.1) is 0 Å². The molecule has 0 radical (unpaired) electrons. The van der Waals surface area contributed by atoms with Crippen molar-refractivity contribution in [1.82, 2.24) is 9.97 Å². The lowest BCUT2D eigenvalue weighted by molar-refractivity contribution is 0.281. The fraction of sp³-hybridized carbons (Fsp3) is 0.0909. The van der Waals surface area contributed by atoms with Crippen LogP contribution in [0.1, 0.15) is 5.56 Å². The molecule has 1 aromatic heterocycles. The summed E-state index contributed by atoms with van der Waals surface area (Å²) >= 11 is 5.65. The minimum atomic E-state index is 0.0116. The molecule has 5 heteroatoms. The van der Waals surface area contributed by atoms with Crippen molar-refractivity contribution in [3.05, 3.63) is 47.2 Å². The van der Waals surface area contributed by atoms with E-state index in [1.807, 2.05) is 0 Å². The van der Waals surface area contributed by atoms with Gasteiger partial charge in [-0.25, -0.2) is 9.97 Å². The van der Waals surface area contributed by atoms with Gasteiger partial charge in [-0.05, 0) is 17.7 Å². The number of ether oxygens (including phenoxy) is 1. The third-order valence-electron chi connectivity index (χ3n) is 1.91. The van der Waals surface area contributed by atoms with E-state index < -0.39 is 0 Å². The quantitative estimate of drug-likeness (QED) is 0.889. The van der Waals surface area contributed by atoms with Gasteiger partial charge in [0.15, 0.2) is 0 Å². The van der Waals surface area contributed by atoms with E-state index in [1.54, 1.807) is 24.3 Å². The molecule has 0 atom stereocenters. The number of nitrogens with zero attached hydrogens (tertiary/aromatic N) is 2. The molecular formula is C11H9ClN2O2. The number of aromatic nitrogens is 2. The Morgan fingerprint density at radius 1 is 1.12 bits per heavy atom. The Morgan fingerprint density at radius 3 is 2.31 bits per heavy atom. The minimum Gasteiger partial charge on any atom is -0.424 e. The third-order valence-corrected chi connectivity index (χ3v) is 2.11. The number of hydrogen-bond donors (Lipinski definition) is 1. The summed E-state index contributed by atoms with van der Waals surface area (Å²) in [6.45, 7) is 0.0116. The average molecular weight is 237 g/mol. The lowest BCUT2D eigenvalue weighted by Crippen LogP contribution is -1.91. The van der Waals surface area contributed by atoms with Crippen molar-refractivity contribution < 1.29 is 9.84 Å². The van der Waals surface area contributed by atoms with Crippen LogP contribution in [0.25, 0.3) is 0 Å². The van der Waals surface area contributed by atoms with Crippen LogP contribution in [0.5, 0.6) is 11.8 Å². The van der Waals surface area contributed by atoms with Gasteiger partial charge in [-0.2, -0.15) is 0 Å². The van der Waals surface area contributed by atoms with E-state index in [4.69, 9.17) is 21.4 Å². The van der Waals surface area contributed by atoms with Crippen molar-refractivity contribution in [3.63, 3.8) is 0 Å². The molecule has 1 N–H and O–H groups in total. The summed E-state index contributed by atoms with van der Waals surface area (Å²) < 4.78 is 5.37. The van der Waals surface area contributed by atoms with Crippen molar-refractivity contribution in [2.45, 2.75) is 6.61 Å². The molecule has 1 heterocycles. The van der Waals surface area contributed by atoms with Crippen LogP contribution in [-0.2, 0) is 6.61 Å². The number of hydrogen-bond acceptors (Lipinski definition) is 4.